The molecule has 1 aliphatic carbocycles. The largest absolute Gasteiger partial charge is 0.353 e. The summed E-state index contributed by atoms with van der Waals surface area (Å²) >= 11 is 5.77. The van der Waals surface area contributed by atoms with E-state index >= 15 is 0 Å². The van der Waals surface area contributed by atoms with Crippen LogP contribution in [0.15, 0.2) is 0 Å². The number of rotatable bonds is 3. The molecule has 15 heavy (non-hydrogen) atoms. The molecule has 0 saturated heterocycles. The molecule has 0 bridgehead atoms. The third-order valence-electron chi connectivity index (χ3n) is 3.25. The number of amides is 1. The Balaban J connectivity index is 2.47. The Morgan fingerprint density at radius 1 is 1.53 bits per heavy atom. The normalized spacial score (nSPS) is 25.3. The van der Waals surface area contributed by atoms with Crippen molar-refractivity contribution in [2.45, 2.75) is 53.0 Å². The van der Waals surface area contributed by atoms with Crippen molar-refractivity contribution in [3.05, 3.63) is 0 Å². The van der Waals surface area contributed by atoms with Crippen LogP contribution in [0.2, 0.25) is 0 Å². The summed E-state index contributed by atoms with van der Waals surface area (Å²) in [4.78, 5) is 11.9. The van der Waals surface area contributed by atoms with Gasteiger partial charge in [0.15, 0.2) is 0 Å². The fraction of sp³-hybridized carbons (Fsp3) is 0.917. The van der Waals surface area contributed by atoms with Gasteiger partial charge in [0.2, 0.25) is 5.91 Å². The van der Waals surface area contributed by atoms with Crippen LogP contribution in [-0.2, 0) is 4.79 Å². The standard InChI is InChI=1S/C12H22ClNO/c1-11(2)6-5-9(7-11)14-10(15)12(3,4)8-13/h9H,5-8H2,1-4H3,(H,14,15). The highest BCUT2D eigenvalue weighted by Crippen LogP contribution is 2.37. The third-order valence-corrected chi connectivity index (χ3v) is 3.92. The monoisotopic (exact) mass is 231 g/mol. The lowest BCUT2D eigenvalue weighted by molar-refractivity contribution is -0.129. The lowest BCUT2D eigenvalue weighted by Gasteiger charge is -2.24. The fourth-order valence-electron chi connectivity index (χ4n) is 2.00. The first-order chi connectivity index (χ1) is 6.77. The molecule has 3 heteroatoms. The van der Waals surface area contributed by atoms with Gasteiger partial charge in [-0.1, -0.05) is 13.8 Å². The molecule has 0 heterocycles. The molecule has 88 valence electrons. The first-order valence-electron chi connectivity index (χ1n) is 5.64. The lowest BCUT2D eigenvalue weighted by atomic mass is 9.91. The van der Waals surface area contributed by atoms with E-state index in [4.69, 9.17) is 11.6 Å². The summed E-state index contributed by atoms with van der Waals surface area (Å²) in [6.45, 7) is 8.28. The number of nitrogens with one attached hydrogen (secondary N) is 1. The summed E-state index contributed by atoms with van der Waals surface area (Å²) in [6, 6.07) is 0.343. The SMILES string of the molecule is CC1(C)CCC(NC(=O)C(C)(C)CCl)C1. The zero-order chi connectivity index (χ0) is 11.7. The molecule has 0 aromatic rings. The zero-order valence-corrected chi connectivity index (χ0v) is 10.9. The molecule has 1 fully saturated rings. The summed E-state index contributed by atoms with van der Waals surface area (Å²) in [5, 5.41) is 3.10. The van der Waals surface area contributed by atoms with Gasteiger partial charge in [0.1, 0.15) is 0 Å². The van der Waals surface area contributed by atoms with E-state index in [1.165, 1.54) is 6.42 Å². The predicted molar refractivity (Wildman–Crippen MR) is 64.1 cm³/mol. The number of alkyl halides is 1. The molecule has 1 saturated carbocycles. The van der Waals surface area contributed by atoms with E-state index in [1.807, 2.05) is 13.8 Å². The van der Waals surface area contributed by atoms with Gasteiger partial charge in [-0.3, -0.25) is 4.79 Å². The Labute approximate surface area is 97.8 Å². The smallest absolute Gasteiger partial charge is 0.227 e. The average Bonchev–Trinajstić information content (AvgIpc) is 2.45. The van der Waals surface area contributed by atoms with Crippen molar-refractivity contribution in [2.24, 2.45) is 10.8 Å². The second kappa shape index (κ2) is 4.32. The van der Waals surface area contributed by atoms with E-state index in [0.717, 1.165) is 12.8 Å². The molecule has 1 atom stereocenters. The maximum Gasteiger partial charge on any atom is 0.227 e. The molecule has 2 nitrogen and oxygen atoms in total. The number of hydrogen-bond acceptors (Lipinski definition) is 1. The minimum Gasteiger partial charge on any atom is -0.353 e. The van der Waals surface area contributed by atoms with Crippen LogP contribution in [0.25, 0.3) is 0 Å². The Morgan fingerprint density at radius 2 is 2.13 bits per heavy atom. The van der Waals surface area contributed by atoms with Crippen LogP contribution >= 0.6 is 11.6 Å². The van der Waals surface area contributed by atoms with Crippen LogP contribution in [0, 0.1) is 10.8 Å². The van der Waals surface area contributed by atoms with Crippen molar-refractivity contribution < 1.29 is 4.79 Å². The van der Waals surface area contributed by atoms with Crippen molar-refractivity contribution in [1.29, 1.82) is 0 Å². The maximum absolute atomic E-state index is 11.9. The summed E-state index contributed by atoms with van der Waals surface area (Å²) < 4.78 is 0. The lowest BCUT2D eigenvalue weighted by Crippen LogP contribution is -2.43. The van der Waals surface area contributed by atoms with Crippen molar-refractivity contribution in [1.82, 2.24) is 5.32 Å². The van der Waals surface area contributed by atoms with Crippen LogP contribution in [0.5, 0.6) is 0 Å². The van der Waals surface area contributed by atoms with Gasteiger partial charge in [0, 0.05) is 11.9 Å². The Kier molecular flexibility index (Phi) is 3.70. The molecule has 1 amide bonds. The Bertz CT molecular complexity index is 248. The van der Waals surface area contributed by atoms with Crippen molar-refractivity contribution >= 4 is 17.5 Å². The minimum atomic E-state index is -0.450. The predicted octanol–water partition coefficient (Wildman–Crippen LogP) is 2.95. The molecule has 0 spiro atoms. The zero-order valence-electron chi connectivity index (χ0n) is 10.2. The van der Waals surface area contributed by atoms with Gasteiger partial charge in [0.05, 0.1) is 5.41 Å². The first kappa shape index (κ1) is 12.8. The molecular weight excluding hydrogens is 210 g/mol. The molecule has 1 rings (SSSR count). The van der Waals surface area contributed by atoms with Crippen LogP contribution in [0.4, 0.5) is 0 Å². The first-order valence-corrected chi connectivity index (χ1v) is 6.17. The molecule has 1 aliphatic rings. The van der Waals surface area contributed by atoms with E-state index in [0.29, 0.717) is 17.3 Å². The topological polar surface area (TPSA) is 29.1 Å². The summed E-state index contributed by atoms with van der Waals surface area (Å²) in [6.07, 6.45) is 3.37. The van der Waals surface area contributed by atoms with Crippen molar-refractivity contribution in [3.8, 4) is 0 Å². The van der Waals surface area contributed by atoms with E-state index in [1.54, 1.807) is 0 Å². The summed E-state index contributed by atoms with van der Waals surface area (Å²) in [7, 11) is 0. The minimum absolute atomic E-state index is 0.0835. The number of carbonyl (C=O) groups is 1. The van der Waals surface area contributed by atoms with Crippen molar-refractivity contribution in [2.75, 3.05) is 5.88 Å². The van der Waals surface area contributed by atoms with Crippen molar-refractivity contribution in [3.63, 3.8) is 0 Å². The maximum atomic E-state index is 11.9. The van der Waals surface area contributed by atoms with Gasteiger partial charge < -0.3 is 5.32 Å². The highest BCUT2D eigenvalue weighted by atomic mass is 35.5. The van der Waals surface area contributed by atoms with Gasteiger partial charge in [-0.05, 0) is 38.5 Å². The average molecular weight is 232 g/mol. The van der Waals surface area contributed by atoms with Gasteiger partial charge in [0.25, 0.3) is 0 Å². The second-order valence-corrected chi connectivity index (χ2v) is 6.36. The van der Waals surface area contributed by atoms with E-state index in [-0.39, 0.29) is 5.91 Å². The second-order valence-electron chi connectivity index (χ2n) is 6.09. The number of halogens is 1. The quantitative estimate of drug-likeness (QED) is 0.744. The summed E-state index contributed by atoms with van der Waals surface area (Å²) in [5.41, 5.74) is -0.0721. The molecule has 1 unspecified atom stereocenters. The molecule has 0 radical (unpaired) electrons. The number of hydrogen-bond donors (Lipinski definition) is 1. The van der Waals surface area contributed by atoms with E-state index < -0.39 is 5.41 Å². The molecule has 0 aromatic carbocycles. The van der Waals surface area contributed by atoms with Gasteiger partial charge in [-0.15, -0.1) is 11.6 Å². The van der Waals surface area contributed by atoms with Crippen LogP contribution < -0.4 is 5.32 Å². The fourth-order valence-corrected chi connectivity index (χ4v) is 2.12. The van der Waals surface area contributed by atoms with Gasteiger partial charge in [-0.2, -0.15) is 0 Å². The van der Waals surface area contributed by atoms with Gasteiger partial charge >= 0.3 is 0 Å². The van der Waals surface area contributed by atoms with E-state index in [9.17, 15) is 4.79 Å². The highest BCUT2D eigenvalue weighted by molar-refractivity contribution is 6.19. The molecule has 0 aromatic heterocycles. The molecule has 0 aliphatic heterocycles. The number of carbonyl (C=O) groups excluding carboxylic acids is 1. The highest BCUT2D eigenvalue weighted by Gasteiger charge is 2.34. The Hall–Kier alpha value is -0.240. The van der Waals surface area contributed by atoms with Gasteiger partial charge in [-0.25, -0.2) is 0 Å². The molecule has 1 N–H and O–H groups in total. The third kappa shape index (κ3) is 3.37. The van der Waals surface area contributed by atoms with Crippen LogP contribution in [-0.4, -0.2) is 17.8 Å². The Morgan fingerprint density at radius 3 is 2.53 bits per heavy atom. The van der Waals surface area contributed by atoms with Crippen LogP contribution in [0.3, 0.4) is 0 Å². The summed E-state index contributed by atoms with van der Waals surface area (Å²) in [5.74, 6) is 0.454. The van der Waals surface area contributed by atoms with E-state index in [2.05, 4.69) is 19.2 Å². The molecular formula is C12H22ClNO. The van der Waals surface area contributed by atoms with Crippen LogP contribution in [0.1, 0.15) is 47.0 Å².